The molecule has 0 radical (unpaired) electrons. The molecule has 24 heavy (non-hydrogen) atoms. The van der Waals surface area contributed by atoms with Gasteiger partial charge in [0.25, 0.3) is 0 Å². The molecule has 0 saturated heterocycles. The van der Waals surface area contributed by atoms with Gasteiger partial charge in [0.1, 0.15) is 0 Å². The van der Waals surface area contributed by atoms with E-state index in [-0.39, 0.29) is 6.79 Å². The first kappa shape index (κ1) is 16.3. The Labute approximate surface area is 140 Å². The molecule has 0 fully saturated rings. The van der Waals surface area contributed by atoms with Crippen LogP contribution < -0.4 is 14.8 Å². The zero-order valence-electron chi connectivity index (χ0n) is 13.8. The van der Waals surface area contributed by atoms with Crippen molar-refractivity contribution in [2.75, 3.05) is 13.3 Å². The van der Waals surface area contributed by atoms with E-state index < -0.39 is 11.4 Å². The number of aromatic amines is 1. The van der Waals surface area contributed by atoms with Crippen molar-refractivity contribution >= 4 is 5.97 Å². The van der Waals surface area contributed by atoms with Gasteiger partial charge in [-0.2, -0.15) is 5.10 Å². The number of carboxylic acid groups (broad SMARTS) is 1. The highest BCUT2D eigenvalue weighted by atomic mass is 16.7. The third-order valence-corrected chi connectivity index (χ3v) is 4.20. The molecule has 1 aliphatic heterocycles. The van der Waals surface area contributed by atoms with Gasteiger partial charge in [0.15, 0.2) is 11.5 Å². The highest BCUT2D eigenvalue weighted by molar-refractivity contribution is 5.73. The maximum Gasteiger partial charge on any atom is 0.309 e. The van der Waals surface area contributed by atoms with E-state index in [4.69, 9.17) is 14.6 Å². The lowest BCUT2D eigenvalue weighted by atomic mass is 9.90. The van der Waals surface area contributed by atoms with E-state index >= 15 is 0 Å². The molecule has 128 valence electrons. The highest BCUT2D eigenvalue weighted by Gasteiger charge is 2.26. The summed E-state index contributed by atoms with van der Waals surface area (Å²) in [4.78, 5) is 11.1. The molecule has 7 heteroatoms. The van der Waals surface area contributed by atoms with Gasteiger partial charge >= 0.3 is 5.97 Å². The van der Waals surface area contributed by atoms with Crippen molar-refractivity contribution < 1.29 is 19.4 Å². The van der Waals surface area contributed by atoms with Gasteiger partial charge in [0.05, 0.1) is 17.3 Å². The monoisotopic (exact) mass is 331 g/mol. The number of hydrogen-bond acceptors (Lipinski definition) is 5. The number of nitrogens with zero attached hydrogens (tertiary/aromatic N) is 1. The van der Waals surface area contributed by atoms with Gasteiger partial charge in [-0.25, -0.2) is 0 Å². The molecule has 0 unspecified atom stereocenters. The number of benzene rings is 1. The number of ether oxygens (including phenoxy) is 2. The lowest BCUT2D eigenvalue weighted by Gasteiger charge is -2.18. The number of aliphatic carboxylic acids is 1. The van der Waals surface area contributed by atoms with E-state index in [0.717, 1.165) is 28.3 Å². The number of fused-ring (bicyclic) bond motifs is 1. The predicted molar refractivity (Wildman–Crippen MR) is 87.9 cm³/mol. The van der Waals surface area contributed by atoms with E-state index in [0.29, 0.717) is 19.5 Å². The van der Waals surface area contributed by atoms with Crippen LogP contribution in [0, 0.1) is 5.41 Å². The third-order valence-electron chi connectivity index (χ3n) is 4.20. The van der Waals surface area contributed by atoms with Crippen LogP contribution in [0.25, 0.3) is 11.3 Å². The van der Waals surface area contributed by atoms with Crippen LogP contribution in [-0.2, 0) is 11.3 Å². The summed E-state index contributed by atoms with van der Waals surface area (Å²) < 4.78 is 10.7. The smallest absolute Gasteiger partial charge is 0.309 e. The molecule has 1 aliphatic rings. The van der Waals surface area contributed by atoms with Crippen LogP contribution in [0.5, 0.6) is 11.5 Å². The molecule has 1 aromatic heterocycles. The highest BCUT2D eigenvalue weighted by Crippen LogP contribution is 2.36. The molecule has 0 spiro atoms. The zero-order valence-corrected chi connectivity index (χ0v) is 13.8. The Morgan fingerprint density at radius 2 is 2.17 bits per heavy atom. The van der Waals surface area contributed by atoms with Crippen LogP contribution in [0.15, 0.2) is 24.4 Å². The van der Waals surface area contributed by atoms with Gasteiger partial charge in [-0.1, -0.05) is 0 Å². The average molecular weight is 331 g/mol. The molecular formula is C17H21N3O4. The van der Waals surface area contributed by atoms with Gasteiger partial charge in [-0.15, -0.1) is 0 Å². The largest absolute Gasteiger partial charge is 0.481 e. The van der Waals surface area contributed by atoms with Gasteiger partial charge < -0.3 is 19.9 Å². The fraction of sp³-hybridized carbons (Fsp3) is 0.412. The first-order valence-electron chi connectivity index (χ1n) is 7.84. The van der Waals surface area contributed by atoms with Crippen molar-refractivity contribution in [2.24, 2.45) is 5.41 Å². The quantitative estimate of drug-likeness (QED) is 0.674. The number of rotatable bonds is 7. The Morgan fingerprint density at radius 3 is 2.96 bits per heavy atom. The minimum Gasteiger partial charge on any atom is -0.481 e. The van der Waals surface area contributed by atoms with E-state index in [9.17, 15) is 4.79 Å². The SMILES string of the molecule is CC(C)(CCNCc1cn[nH]c1-c1ccc2c(c1)OCO2)C(=O)O. The minimum absolute atomic E-state index is 0.246. The number of hydrogen-bond donors (Lipinski definition) is 3. The summed E-state index contributed by atoms with van der Waals surface area (Å²) in [7, 11) is 0. The van der Waals surface area contributed by atoms with Gasteiger partial charge in [0.2, 0.25) is 6.79 Å². The van der Waals surface area contributed by atoms with E-state index in [1.807, 2.05) is 18.2 Å². The zero-order chi connectivity index (χ0) is 17.2. The molecule has 0 amide bonds. The summed E-state index contributed by atoms with van der Waals surface area (Å²) >= 11 is 0. The molecule has 1 aromatic carbocycles. The standard InChI is InChI=1S/C17H21N3O4/c1-17(2,16(21)22)5-6-18-8-12-9-19-20-15(12)11-3-4-13-14(7-11)24-10-23-13/h3-4,7,9,18H,5-6,8,10H2,1-2H3,(H,19,20)(H,21,22). The van der Waals surface area contributed by atoms with Crippen molar-refractivity contribution in [3.63, 3.8) is 0 Å². The van der Waals surface area contributed by atoms with Crippen molar-refractivity contribution in [1.82, 2.24) is 15.5 Å². The normalized spacial score (nSPS) is 13.2. The Balaban J connectivity index is 1.63. The van der Waals surface area contributed by atoms with Crippen LogP contribution in [0.1, 0.15) is 25.8 Å². The molecule has 2 aromatic rings. The lowest BCUT2D eigenvalue weighted by Crippen LogP contribution is -2.28. The van der Waals surface area contributed by atoms with Gasteiger partial charge in [-0.3, -0.25) is 9.89 Å². The minimum atomic E-state index is -0.784. The second-order valence-electron chi connectivity index (χ2n) is 6.45. The Hall–Kier alpha value is -2.54. The molecule has 0 saturated carbocycles. The molecule has 3 N–H and O–H groups in total. The van der Waals surface area contributed by atoms with Crippen LogP contribution in [-0.4, -0.2) is 34.6 Å². The summed E-state index contributed by atoms with van der Waals surface area (Å²) in [6.07, 6.45) is 2.33. The van der Waals surface area contributed by atoms with Gasteiger partial charge in [0, 0.05) is 17.7 Å². The first-order chi connectivity index (χ1) is 11.5. The van der Waals surface area contributed by atoms with Crippen LogP contribution in [0.4, 0.5) is 0 Å². The Bertz CT molecular complexity index is 739. The Morgan fingerprint density at radius 1 is 1.38 bits per heavy atom. The second-order valence-corrected chi connectivity index (χ2v) is 6.45. The fourth-order valence-corrected chi connectivity index (χ4v) is 2.48. The van der Waals surface area contributed by atoms with E-state index in [1.165, 1.54) is 0 Å². The molecule has 7 nitrogen and oxygen atoms in total. The topological polar surface area (TPSA) is 96.5 Å². The average Bonchev–Trinajstić information content (AvgIpc) is 3.19. The summed E-state index contributed by atoms with van der Waals surface area (Å²) in [6, 6.07) is 5.76. The molecule has 0 bridgehead atoms. The summed E-state index contributed by atoms with van der Waals surface area (Å²) in [5.41, 5.74) is 2.17. The lowest BCUT2D eigenvalue weighted by molar-refractivity contribution is -0.147. The van der Waals surface area contributed by atoms with Crippen molar-refractivity contribution in [3.05, 3.63) is 30.0 Å². The summed E-state index contributed by atoms with van der Waals surface area (Å²) in [5.74, 6) is 0.687. The Kier molecular flexibility index (Phi) is 4.44. The van der Waals surface area contributed by atoms with E-state index in [1.54, 1.807) is 20.0 Å². The first-order valence-corrected chi connectivity index (χ1v) is 7.84. The van der Waals surface area contributed by atoms with Crippen molar-refractivity contribution in [1.29, 1.82) is 0 Å². The molecular weight excluding hydrogens is 310 g/mol. The maximum absolute atomic E-state index is 11.1. The predicted octanol–water partition coefficient (Wildman–Crippen LogP) is 2.40. The summed E-state index contributed by atoms with van der Waals surface area (Å²) in [5, 5.41) is 19.5. The maximum atomic E-state index is 11.1. The summed E-state index contributed by atoms with van der Waals surface area (Å²) in [6.45, 7) is 4.93. The fourth-order valence-electron chi connectivity index (χ4n) is 2.48. The molecule has 0 aliphatic carbocycles. The molecule has 2 heterocycles. The number of carbonyl (C=O) groups is 1. The van der Waals surface area contributed by atoms with Gasteiger partial charge in [-0.05, 0) is 45.0 Å². The van der Waals surface area contributed by atoms with E-state index in [2.05, 4.69) is 15.5 Å². The third kappa shape index (κ3) is 3.35. The van der Waals surface area contributed by atoms with Crippen molar-refractivity contribution in [2.45, 2.75) is 26.8 Å². The van der Waals surface area contributed by atoms with Crippen molar-refractivity contribution in [3.8, 4) is 22.8 Å². The number of aromatic nitrogens is 2. The number of carboxylic acids is 1. The van der Waals surface area contributed by atoms with Crippen LogP contribution >= 0.6 is 0 Å². The van der Waals surface area contributed by atoms with Crippen LogP contribution in [0.2, 0.25) is 0 Å². The second kappa shape index (κ2) is 6.52. The van der Waals surface area contributed by atoms with Crippen LogP contribution in [0.3, 0.4) is 0 Å². The molecule has 0 atom stereocenters. The number of nitrogens with one attached hydrogen (secondary N) is 2. The molecule has 3 rings (SSSR count). The number of H-pyrrole nitrogens is 1.